The van der Waals surface area contributed by atoms with Crippen LogP contribution in [0.1, 0.15) is 52.9 Å². The van der Waals surface area contributed by atoms with Crippen LogP contribution in [0.15, 0.2) is 0 Å². The Labute approximate surface area is 98.2 Å². The lowest BCUT2D eigenvalue weighted by Crippen LogP contribution is -2.39. The fraction of sp³-hybridized carbons (Fsp3) is 0.923. The maximum Gasteiger partial charge on any atom is 0.338 e. The molecule has 0 aliphatic heterocycles. The Morgan fingerprint density at radius 2 is 2.12 bits per heavy atom. The van der Waals surface area contributed by atoms with E-state index in [0.717, 1.165) is 19.3 Å². The van der Waals surface area contributed by atoms with Gasteiger partial charge in [-0.05, 0) is 44.4 Å². The van der Waals surface area contributed by atoms with Gasteiger partial charge in [-0.3, -0.25) is 0 Å². The van der Waals surface area contributed by atoms with Gasteiger partial charge in [-0.2, -0.15) is 0 Å². The highest BCUT2D eigenvalue weighted by molar-refractivity contribution is 5.79. The Kier molecular flexibility index (Phi) is 4.78. The Morgan fingerprint density at radius 1 is 1.44 bits per heavy atom. The summed E-state index contributed by atoms with van der Waals surface area (Å²) >= 11 is 0. The number of hydrogen-bond acceptors (Lipinski definition) is 3. The molecule has 1 aliphatic rings. The second kappa shape index (κ2) is 5.67. The minimum Gasteiger partial charge on any atom is -0.464 e. The summed E-state index contributed by atoms with van der Waals surface area (Å²) in [6, 6.07) is 0. The van der Waals surface area contributed by atoms with Crippen LogP contribution in [0, 0.1) is 11.8 Å². The first kappa shape index (κ1) is 13.5. The van der Waals surface area contributed by atoms with Crippen LogP contribution in [0.25, 0.3) is 0 Å². The molecule has 3 nitrogen and oxygen atoms in total. The highest BCUT2D eigenvalue weighted by Gasteiger charge is 2.39. The molecule has 94 valence electrons. The van der Waals surface area contributed by atoms with E-state index >= 15 is 0 Å². The number of carbonyl (C=O) groups excluding carboxylic acids is 1. The molecule has 0 aromatic heterocycles. The monoisotopic (exact) mass is 228 g/mol. The van der Waals surface area contributed by atoms with Gasteiger partial charge >= 0.3 is 5.97 Å². The van der Waals surface area contributed by atoms with Crippen LogP contribution in [0.3, 0.4) is 0 Å². The predicted molar refractivity (Wildman–Crippen MR) is 63.0 cm³/mol. The van der Waals surface area contributed by atoms with E-state index in [-0.39, 0.29) is 0 Å². The lowest BCUT2D eigenvalue weighted by Gasteiger charge is -2.24. The number of ether oxygens (including phenoxy) is 1. The van der Waals surface area contributed by atoms with Crippen molar-refractivity contribution in [2.24, 2.45) is 11.8 Å². The van der Waals surface area contributed by atoms with Gasteiger partial charge in [0.1, 0.15) is 0 Å². The molecule has 3 heteroatoms. The summed E-state index contributed by atoms with van der Waals surface area (Å²) in [6.45, 7) is 6.53. The molecule has 1 aliphatic carbocycles. The van der Waals surface area contributed by atoms with Crippen molar-refractivity contribution in [1.29, 1.82) is 0 Å². The maximum absolute atomic E-state index is 11.7. The Balaban J connectivity index is 2.60. The smallest absolute Gasteiger partial charge is 0.338 e. The fourth-order valence-electron chi connectivity index (χ4n) is 2.49. The van der Waals surface area contributed by atoms with Crippen molar-refractivity contribution in [3.8, 4) is 0 Å². The van der Waals surface area contributed by atoms with Crippen molar-refractivity contribution < 1.29 is 14.6 Å². The number of hydrogen-bond donors (Lipinski definition) is 1. The molecule has 0 heterocycles. The largest absolute Gasteiger partial charge is 0.464 e. The summed E-state index contributed by atoms with van der Waals surface area (Å²) < 4.78 is 4.95. The van der Waals surface area contributed by atoms with Gasteiger partial charge in [-0.25, -0.2) is 4.79 Å². The molecule has 0 aromatic rings. The molecular formula is C13H24O3. The van der Waals surface area contributed by atoms with Crippen LogP contribution >= 0.6 is 0 Å². The van der Waals surface area contributed by atoms with Crippen LogP contribution in [0.5, 0.6) is 0 Å². The third-order valence-electron chi connectivity index (χ3n) is 3.69. The molecule has 0 bridgehead atoms. The van der Waals surface area contributed by atoms with Crippen LogP contribution in [-0.4, -0.2) is 23.3 Å². The molecule has 0 radical (unpaired) electrons. The SMILES string of the molecule is CCOC(=O)C1(O)CCCC(C(C)C)CC1. The third kappa shape index (κ3) is 3.21. The van der Waals surface area contributed by atoms with Gasteiger partial charge in [0.2, 0.25) is 0 Å². The molecule has 1 rings (SSSR count). The summed E-state index contributed by atoms with van der Waals surface area (Å²) in [5, 5.41) is 10.3. The molecule has 1 saturated carbocycles. The first-order valence-corrected chi connectivity index (χ1v) is 6.39. The zero-order valence-electron chi connectivity index (χ0n) is 10.7. The van der Waals surface area contributed by atoms with Crippen molar-refractivity contribution in [3.63, 3.8) is 0 Å². The number of aliphatic hydroxyl groups is 1. The number of rotatable bonds is 3. The van der Waals surface area contributed by atoms with E-state index in [1.165, 1.54) is 0 Å². The van der Waals surface area contributed by atoms with Crippen LogP contribution < -0.4 is 0 Å². The Bertz CT molecular complexity index is 237. The van der Waals surface area contributed by atoms with E-state index in [1.54, 1.807) is 6.92 Å². The van der Waals surface area contributed by atoms with Crippen molar-refractivity contribution in [2.45, 2.75) is 58.5 Å². The average molecular weight is 228 g/mol. The first-order valence-electron chi connectivity index (χ1n) is 6.39. The topological polar surface area (TPSA) is 46.5 Å². The highest BCUT2D eigenvalue weighted by Crippen LogP contribution is 2.34. The summed E-state index contributed by atoms with van der Waals surface area (Å²) in [7, 11) is 0. The first-order chi connectivity index (χ1) is 7.49. The summed E-state index contributed by atoms with van der Waals surface area (Å²) in [5.41, 5.74) is -1.22. The standard InChI is InChI=1S/C13H24O3/c1-4-16-12(14)13(15)8-5-6-11(7-9-13)10(2)3/h10-11,15H,4-9H2,1-3H3. The van der Waals surface area contributed by atoms with Crippen molar-refractivity contribution in [2.75, 3.05) is 6.61 Å². The van der Waals surface area contributed by atoms with Crippen LogP contribution in [-0.2, 0) is 9.53 Å². The van der Waals surface area contributed by atoms with Gasteiger partial charge in [-0.1, -0.05) is 20.3 Å². The van der Waals surface area contributed by atoms with Gasteiger partial charge in [0.25, 0.3) is 0 Å². The third-order valence-corrected chi connectivity index (χ3v) is 3.69. The molecule has 0 spiro atoms. The van der Waals surface area contributed by atoms with E-state index in [0.29, 0.717) is 31.3 Å². The molecule has 16 heavy (non-hydrogen) atoms. The highest BCUT2D eigenvalue weighted by atomic mass is 16.5. The second-order valence-corrected chi connectivity index (χ2v) is 5.19. The molecule has 1 fully saturated rings. The fourth-order valence-corrected chi connectivity index (χ4v) is 2.49. The van der Waals surface area contributed by atoms with E-state index in [4.69, 9.17) is 4.74 Å². The normalized spacial score (nSPS) is 31.2. The zero-order chi connectivity index (χ0) is 12.2. The van der Waals surface area contributed by atoms with Gasteiger partial charge in [0.05, 0.1) is 6.61 Å². The van der Waals surface area contributed by atoms with Crippen molar-refractivity contribution >= 4 is 5.97 Å². The minimum atomic E-state index is -1.22. The lowest BCUT2D eigenvalue weighted by atomic mass is 9.88. The number of carbonyl (C=O) groups is 1. The number of esters is 1. The zero-order valence-corrected chi connectivity index (χ0v) is 10.7. The van der Waals surface area contributed by atoms with Crippen LogP contribution in [0.4, 0.5) is 0 Å². The average Bonchev–Trinajstić information content (AvgIpc) is 2.42. The molecule has 2 atom stereocenters. The molecule has 1 N–H and O–H groups in total. The molecule has 0 amide bonds. The van der Waals surface area contributed by atoms with E-state index < -0.39 is 11.6 Å². The van der Waals surface area contributed by atoms with Crippen molar-refractivity contribution in [3.05, 3.63) is 0 Å². The Hall–Kier alpha value is -0.570. The summed E-state index contributed by atoms with van der Waals surface area (Å²) in [4.78, 5) is 11.7. The second-order valence-electron chi connectivity index (χ2n) is 5.19. The summed E-state index contributed by atoms with van der Waals surface area (Å²) in [6.07, 6.45) is 4.05. The summed E-state index contributed by atoms with van der Waals surface area (Å²) in [5.74, 6) is 0.826. The molecule has 2 unspecified atom stereocenters. The van der Waals surface area contributed by atoms with E-state index in [9.17, 15) is 9.90 Å². The van der Waals surface area contributed by atoms with Crippen LogP contribution in [0.2, 0.25) is 0 Å². The van der Waals surface area contributed by atoms with Gasteiger partial charge < -0.3 is 9.84 Å². The molecule has 0 saturated heterocycles. The van der Waals surface area contributed by atoms with Gasteiger partial charge in [-0.15, -0.1) is 0 Å². The molecule has 0 aromatic carbocycles. The molecular weight excluding hydrogens is 204 g/mol. The van der Waals surface area contributed by atoms with E-state index in [1.807, 2.05) is 0 Å². The minimum absolute atomic E-state index is 0.342. The quantitative estimate of drug-likeness (QED) is 0.596. The van der Waals surface area contributed by atoms with Gasteiger partial charge in [0.15, 0.2) is 5.60 Å². The Morgan fingerprint density at radius 3 is 2.69 bits per heavy atom. The predicted octanol–water partition coefficient (Wildman–Crippen LogP) is 2.52. The van der Waals surface area contributed by atoms with Gasteiger partial charge in [0, 0.05) is 0 Å². The van der Waals surface area contributed by atoms with E-state index in [2.05, 4.69) is 13.8 Å². The maximum atomic E-state index is 11.7. The van der Waals surface area contributed by atoms with Crippen molar-refractivity contribution in [1.82, 2.24) is 0 Å². The lowest BCUT2D eigenvalue weighted by molar-refractivity contribution is -0.166.